The molecular weight excluding hydrogens is 258 g/mol. The van der Waals surface area contributed by atoms with Crippen molar-refractivity contribution in [3.05, 3.63) is 70.3 Å². The van der Waals surface area contributed by atoms with Gasteiger partial charge in [-0.2, -0.15) is 0 Å². The Morgan fingerprint density at radius 1 is 0.850 bits per heavy atom. The van der Waals surface area contributed by atoms with Gasteiger partial charge in [-0.1, -0.05) is 35.4 Å². The minimum Gasteiger partial charge on any atom is -0.299 e. The molecule has 0 saturated carbocycles. The molecule has 0 saturated heterocycles. The van der Waals surface area contributed by atoms with Crippen molar-refractivity contribution in [2.24, 2.45) is 0 Å². The van der Waals surface area contributed by atoms with Crippen molar-refractivity contribution in [2.45, 2.75) is 26.7 Å². The largest absolute Gasteiger partial charge is 0.299 e. The molecule has 0 aromatic heterocycles. The number of benzene rings is 2. The molecule has 0 heterocycles. The fourth-order valence-electron chi connectivity index (χ4n) is 2.34. The molecule has 0 atom stereocenters. The first kappa shape index (κ1) is 14.4. The number of hydrogen-bond donors (Lipinski definition) is 0. The second-order valence-electron chi connectivity index (χ2n) is 5.14. The number of Topliss-reactive ketones (excluding diaryl/α,β-unsaturated/α-hetero) is 1. The van der Waals surface area contributed by atoms with E-state index in [2.05, 4.69) is 0 Å². The van der Waals surface area contributed by atoms with E-state index in [0.29, 0.717) is 12.0 Å². The average Bonchev–Trinajstić information content (AvgIpc) is 2.32. The van der Waals surface area contributed by atoms with Crippen molar-refractivity contribution in [3.8, 4) is 0 Å². The zero-order valence-electron chi connectivity index (χ0n) is 11.5. The van der Waals surface area contributed by atoms with E-state index in [4.69, 9.17) is 0 Å². The van der Waals surface area contributed by atoms with Crippen LogP contribution < -0.4 is 0 Å². The molecule has 0 aliphatic carbocycles. The Balaban J connectivity index is 2.06. The Morgan fingerprint density at radius 3 is 2.05 bits per heavy atom. The molecule has 0 spiro atoms. The summed E-state index contributed by atoms with van der Waals surface area (Å²) < 4.78 is 25.9. The minimum absolute atomic E-state index is 0.0130. The number of halogens is 2. The molecule has 2 rings (SSSR count). The summed E-state index contributed by atoms with van der Waals surface area (Å²) in [6.45, 7) is 3.96. The Bertz CT molecular complexity index is 627. The molecule has 0 aliphatic rings. The minimum atomic E-state index is -0.915. The van der Waals surface area contributed by atoms with Gasteiger partial charge in [-0.05, 0) is 37.1 Å². The van der Waals surface area contributed by atoms with Gasteiger partial charge in [0, 0.05) is 12.8 Å². The first-order valence-electron chi connectivity index (χ1n) is 6.47. The van der Waals surface area contributed by atoms with Crippen molar-refractivity contribution in [1.82, 2.24) is 0 Å². The van der Waals surface area contributed by atoms with Crippen LogP contribution in [0.3, 0.4) is 0 Å². The molecule has 20 heavy (non-hydrogen) atoms. The normalized spacial score (nSPS) is 10.6. The molecule has 0 aliphatic heterocycles. The second-order valence-corrected chi connectivity index (χ2v) is 5.14. The first-order chi connectivity index (χ1) is 9.44. The quantitative estimate of drug-likeness (QED) is 0.825. The Morgan fingerprint density at radius 2 is 1.45 bits per heavy atom. The van der Waals surface area contributed by atoms with Crippen LogP contribution >= 0.6 is 0 Å². The van der Waals surface area contributed by atoms with Gasteiger partial charge in [0.2, 0.25) is 0 Å². The molecule has 0 fully saturated rings. The average molecular weight is 274 g/mol. The van der Waals surface area contributed by atoms with Gasteiger partial charge >= 0.3 is 0 Å². The van der Waals surface area contributed by atoms with Gasteiger partial charge in [-0.15, -0.1) is 0 Å². The lowest BCUT2D eigenvalue weighted by molar-refractivity contribution is -0.117. The van der Waals surface area contributed by atoms with Gasteiger partial charge in [-0.25, -0.2) is 8.78 Å². The summed E-state index contributed by atoms with van der Waals surface area (Å²) in [7, 11) is 0. The van der Waals surface area contributed by atoms with Crippen LogP contribution in [0.5, 0.6) is 0 Å². The van der Waals surface area contributed by atoms with Crippen LogP contribution in [-0.2, 0) is 17.6 Å². The second kappa shape index (κ2) is 5.95. The summed E-state index contributed by atoms with van der Waals surface area (Å²) in [4.78, 5) is 12.0. The van der Waals surface area contributed by atoms with Crippen LogP contribution in [-0.4, -0.2) is 5.78 Å². The van der Waals surface area contributed by atoms with Gasteiger partial charge in [0.15, 0.2) is 11.6 Å². The van der Waals surface area contributed by atoms with E-state index in [-0.39, 0.29) is 12.2 Å². The summed E-state index contributed by atoms with van der Waals surface area (Å²) in [5.74, 6) is -1.82. The maximum atomic E-state index is 13.1. The Hall–Kier alpha value is -2.03. The monoisotopic (exact) mass is 274 g/mol. The third-order valence-corrected chi connectivity index (χ3v) is 3.07. The number of hydrogen-bond acceptors (Lipinski definition) is 1. The standard InChI is InChI=1S/C17H16F2O/c1-11-5-12(2)7-14(6-11)9-15(20)8-13-3-4-16(18)17(19)10-13/h3-7,10H,8-9H2,1-2H3. The summed E-state index contributed by atoms with van der Waals surface area (Å²) in [5, 5.41) is 0. The van der Waals surface area contributed by atoms with E-state index in [1.54, 1.807) is 0 Å². The zero-order chi connectivity index (χ0) is 14.7. The zero-order valence-corrected chi connectivity index (χ0v) is 11.5. The molecule has 3 heteroatoms. The van der Waals surface area contributed by atoms with Crippen LogP contribution in [0.1, 0.15) is 22.3 Å². The van der Waals surface area contributed by atoms with Crippen molar-refractivity contribution >= 4 is 5.78 Å². The molecule has 104 valence electrons. The predicted molar refractivity (Wildman–Crippen MR) is 74.7 cm³/mol. The number of carbonyl (C=O) groups is 1. The van der Waals surface area contributed by atoms with E-state index < -0.39 is 11.6 Å². The molecular formula is C17H16F2O. The Kier molecular flexibility index (Phi) is 4.28. The van der Waals surface area contributed by atoms with Crippen LogP contribution in [0.4, 0.5) is 8.78 Å². The highest BCUT2D eigenvalue weighted by atomic mass is 19.2. The molecule has 1 nitrogen and oxygen atoms in total. The highest BCUT2D eigenvalue weighted by molar-refractivity contribution is 5.83. The van der Waals surface area contributed by atoms with Gasteiger partial charge < -0.3 is 0 Å². The highest BCUT2D eigenvalue weighted by Gasteiger charge is 2.09. The van der Waals surface area contributed by atoms with Gasteiger partial charge in [-0.3, -0.25) is 4.79 Å². The third kappa shape index (κ3) is 3.73. The molecule has 0 radical (unpaired) electrons. The lowest BCUT2D eigenvalue weighted by Gasteiger charge is -2.05. The van der Waals surface area contributed by atoms with E-state index in [9.17, 15) is 13.6 Å². The fourth-order valence-corrected chi connectivity index (χ4v) is 2.34. The smallest absolute Gasteiger partial charge is 0.159 e. The molecule has 0 amide bonds. The van der Waals surface area contributed by atoms with Crippen molar-refractivity contribution in [3.63, 3.8) is 0 Å². The van der Waals surface area contributed by atoms with E-state index in [1.165, 1.54) is 6.07 Å². The summed E-state index contributed by atoms with van der Waals surface area (Å²) in [5.41, 5.74) is 3.68. The molecule has 0 unspecified atom stereocenters. The SMILES string of the molecule is Cc1cc(C)cc(CC(=O)Cc2ccc(F)c(F)c2)c1. The molecule has 2 aromatic rings. The van der Waals surface area contributed by atoms with Crippen LogP contribution in [0.2, 0.25) is 0 Å². The number of rotatable bonds is 4. The number of ketones is 1. The molecule has 0 bridgehead atoms. The van der Waals surface area contributed by atoms with E-state index >= 15 is 0 Å². The third-order valence-electron chi connectivity index (χ3n) is 3.07. The molecule has 2 aromatic carbocycles. The summed E-state index contributed by atoms with van der Waals surface area (Å²) in [6, 6.07) is 9.55. The highest BCUT2D eigenvalue weighted by Crippen LogP contribution is 2.13. The first-order valence-corrected chi connectivity index (χ1v) is 6.47. The topological polar surface area (TPSA) is 17.1 Å². The van der Waals surface area contributed by atoms with Crippen molar-refractivity contribution in [1.29, 1.82) is 0 Å². The molecule has 0 N–H and O–H groups in total. The van der Waals surface area contributed by atoms with E-state index in [1.807, 2.05) is 32.0 Å². The predicted octanol–water partition coefficient (Wildman–Crippen LogP) is 3.94. The maximum Gasteiger partial charge on any atom is 0.159 e. The van der Waals surface area contributed by atoms with Crippen LogP contribution in [0, 0.1) is 25.5 Å². The van der Waals surface area contributed by atoms with E-state index in [0.717, 1.165) is 28.8 Å². The fraction of sp³-hybridized carbons (Fsp3) is 0.235. The lowest BCUT2D eigenvalue weighted by Crippen LogP contribution is -2.07. The maximum absolute atomic E-state index is 13.1. The van der Waals surface area contributed by atoms with Crippen LogP contribution in [0.25, 0.3) is 0 Å². The van der Waals surface area contributed by atoms with Gasteiger partial charge in [0.25, 0.3) is 0 Å². The van der Waals surface area contributed by atoms with Gasteiger partial charge in [0.05, 0.1) is 0 Å². The lowest BCUT2D eigenvalue weighted by atomic mass is 10.00. The number of aryl methyl sites for hydroxylation is 2. The van der Waals surface area contributed by atoms with Crippen molar-refractivity contribution in [2.75, 3.05) is 0 Å². The van der Waals surface area contributed by atoms with Gasteiger partial charge in [0.1, 0.15) is 5.78 Å². The Labute approximate surface area is 117 Å². The summed E-state index contributed by atoms with van der Waals surface area (Å²) >= 11 is 0. The summed E-state index contributed by atoms with van der Waals surface area (Å²) in [6.07, 6.45) is 0.422. The van der Waals surface area contributed by atoms with Crippen molar-refractivity contribution < 1.29 is 13.6 Å². The van der Waals surface area contributed by atoms with Crippen LogP contribution in [0.15, 0.2) is 36.4 Å². The number of carbonyl (C=O) groups excluding carboxylic acids is 1.